The molecule has 0 amide bonds. The van der Waals surface area contributed by atoms with Crippen molar-refractivity contribution in [2.45, 2.75) is 6.92 Å². The molecule has 0 saturated carbocycles. The second-order valence-electron chi connectivity index (χ2n) is 3.41. The average molecular weight is 220 g/mol. The average Bonchev–Trinajstić information content (AvgIpc) is 2.23. The van der Waals surface area contributed by atoms with Gasteiger partial charge in [-0.1, -0.05) is 17.7 Å². The Balaban J connectivity index is 2.50. The predicted molar refractivity (Wildman–Crippen MR) is 62.2 cm³/mol. The second kappa shape index (κ2) is 3.91. The van der Waals surface area contributed by atoms with Gasteiger partial charge in [0.05, 0.1) is 0 Å². The van der Waals surface area contributed by atoms with Crippen molar-refractivity contribution < 1.29 is 0 Å². The van der Waals surface area contributed by atoms with E-state index in [2.05, 4.69) is 4.98 Å². The molecule has 2 nitrogen and oxygen atoms in total. The van der Waals surface area contributed by atoms with Crippen molar-refractivity contribution in [2.75, 3.05) is 0 Å². The van der Waals surface area contributed by atoms with Gasteiger partial charge in [-0.05, 0) is 41.8 Å². The minimum Gasteiger partial charge on any atom is -0.328 e. The van der Waals surface area contributed by atoms with Crippen LogP contribution in [0, 0.1) is 6.92 Å². The molecule has 0 aliphatic rings. The Morgan fingerprint density at radius 2 is 1.87 bits per heavy atom. The van der Waals surface area contributed by atoms with E-state index in [0.717, 1.165) is 21.7 Å². The van der Waals surface area contributed by atoms with E-state index in [-0.39, 0.29) is 5.56 Å². The van der Waals surface area contributed by atoms with Gasteiger partial charge in [-0.25, -0.2) is 0 Å². The highest BCUT2D eigenvalue weighted by molar-refractivity contribution is 6.31. The van der Waals surface area contributed by atoms with E-state index in [0.29, 0.717) is 0 Å². The normalized spacial score (nSPS) is 10.3. The van der Waals surface area contributed by atoms with Crippen LogP contribution in [-0.4, -0.2) is 4.98 Å². The van der Waals surface area contributed by atoms with Crippen LogP contribution in [0.5, 0.6) is 0 Å². The quantitative estimate of drug-likeness (QED) is 0.786. The van der Waals surface area contributed by atoms with E-state index in [4.69, 9.17) is 11.6 Å². The Morgan fingerprint density at radius 1 is 1.13 bits per heavy atom. The van der Waals surface area contributed by atoms with Crippen LogP contribution in [0.15, 0.2) is 41.3 Å². The Morgan fingerprint density at radius 3 is 2.47 bits per heavy atom. The SMILES string of the molecule is Cc1cc(-c2ccc(=O)[nH]c2)ccc1Cl. The standard InChI is InChI=1S/C12H10ClNO/c1-8-6-9(2-4-11(8)13)10-3-5-12(15)14-7-10/h2-7H,1H3,(H,14,15). The number of pyridine rings is 1. The van der Waals surface area contributed by atoms with Crippen molar-refractivity contribution in [3.8, 4) is 11.1 Å². The zero-order valence-corrected chi connectivity index (χ0v) is 9.01. The number of H-pyrrole nitrogens is 1. The first kappa shape index (κ1) is 9.99. The first-order valence-electron chi connectivity index (χ1n) is 4.62. The smallest absolute Gasteiger partial charge is 0.247 e. The maximum Gasteiger partial charge on any atom is 0.247 e. The Kier molecular flexibility index (Phi) is 2.60. The van der Waals surface area contributed by atoms with Gasteiger partial charge in [0.2, 0.25) is 5.56 Å². The number of aromatic nitrogens is 1. The Bertz CT molecular complexity index is 525. The van der Waals surface area contributed by atoms with Gasteiger partial charge >= 0.3 is 0 Å². The number of halogens is 1. The monoisotopic (exact) mass is 219 g/mol. The van der Waals surface area contributed by atoms with Crippen molar-refractivity contribution in [1.29, 1.82) is 0 Å². The molecular weight excluding hydrogens is 210 g/mol. The zero-order chi connectivity index (χ0) is 10.8. The van der Waals surface area contributed by atoms with Gasteiger partial charge < -0.3 is 4.98 Å². The Labute approximate surface area is 92.5 Å². The summed E-state index contributed by atoms with van der Waals surface area (Å²) in [5.74, 6) is 0. The maximum absolute atomic E-state index is 10.9. The van der Waals surface area contributed by atoms with Crippen molar-refractivity contribution >= 4 is 11.6 Å². The number of rotatable bonds is 1. The number of nitrogens with one attached hydrogen (secondary N) is 1. The fraction of sp³-hybridized carbons (Fsp3) is 0.0833. The molecular formula is C12H10ClNO. The van der Waals surface area contributed by atoms with Crippen LogP contribution >= 0.6 is 11.6 Å². The summed E-state index contributed by atoms with van der Waals surface area (Å²) >= 11 is 5.94. The third-order valence-corrected chi connectivity index (χ3v) is 2.70. The summed E-state index contributed by atoms with van der Waals surface area (Å²) in [5.41, 5.74) is 2.97. The molecule has 0 spiro atoms. The van der Waals surface area contributed by atoms with Crippen molar-refractivity contribution in [3.63, 3.8) is 0 Å². The summed E-state index contributed by atoms with van der Waals surface area (Å²) in [5, 5.41) is 0.753. The Hall–Kier alpha value is -1.54. The molecule has 15 heavy (non-hydrogen) atoms. The van der Waals surface area contributed by atoms with Gasteiger partial charge in [0, 0.05) is 17.3 Å². The lowest BCUT2D eigenvalue weighted by Crippen LogP contribution is -2.01. The molecule has 76 valence electrons. The number of benzene rings is 1. The third kappa shape index (κ3) is 2.10. The van der Waals surface area contributed by atoms with E-state index in [1.807, 2.05) is 25.1 Å². The number of hydrogen-bond acceptors (Lipinski definition) is 1. The van der Waals surface area contributed by atoms with Crippen molar-refractivity contribution in [2.24, 2.45) is 0 Å². The molecule has 0 unspecified atom stereocenters. The highest BCUT2D eigenvalue weighted by Crippen LogP contribution is 2.23. The molecule has 3 heteroatoms. The molecule has 2 rings (SSSR count). The lowest BCUT2D eigenvalue weighted by molar-refractivity contribution is 1.24. The lowest BCUT2D eigenvalue weighted by atomic mass is 10.1. The lowest BCUT2D eigenvalue weighted by Gasteiger charge is -2.03. The van der Waals surface area contributed by atoms with Gasteiger partial charge in [0.25, 0.3) is 0 Å². The second-order valence-corrected chi connectivity index (χ2v) is 3.81. The molecule has 1 aromatic carbocycles. The minimum absolute atomic E-state index is 0.0931. The van der Waals surface area contributed by atoms with E-state index >= 15 is 0 Å². The largest absolute Gasteiger partial charge is 0.328 e. The van der Waals surface area contributed by atoms with E-state index in [9.17, 15) is 4.79 Å². The molecule has 1 heterocycles. The molecule has 0 aliphatic carbocycles. The summed E-state index contributed by atoms with van der Waals surface area (Å²) < 4.78 is 0. The molecule has 0 fully saturated rings. The summed E-state index contributed by atoms with van der Waals surface area (Å²) in [6, 6.07) is 9.09. The van der Waals surface area contributed by atoms with Crippen LogP contribution in [0.3, 0.4) is 0 Å². The van der Waals surface area contributed by atoms with Crippen molar-refractivity contribution in [3.05, 3.63) is 57.5 Å². The topological polar surface area (TPSA) is 32.9 Å². The molecule has 0 radical (unpaired) electrons. The summed E-state index contributed by atoms with van der Waals surface area (Å²) in [6.45, 7) is 1.96. The van der Waals surface area contributed by atoms with Crippen LogP contribution in [0.1, 0.15) is 5.56 Å². The fourth-order valence-electron chi connectivity index (χ4n) is 1.41. The van der Waals surface area contributed by atoms with Gasteiger partial charge in [0.1, 0.15) is 0 Å². The molecule has 2 aromatic rings. The van der Waals surface area contributed by atoms with Crippen LogP contribution in [0.4, 0.5) is 0 Å². The summed E-state index contributed by atoms with van der Waals surface area (Å²) in [6.07, 6.45) is 1.70. The molecule has 1 aromatic heterocycles. The molecule has 0 bridgehead atoms. The molecule has 1 N–H and O–H groups in total. The van der Waals surface area contributed by atoms with Gasteiger partial charge in [-0.15, -0.1) is 0 Å². The zero-order valence-electron chi connectivity index (χ0n) is 8.25. The third-order valence-electron chi connectivity index (χ3n) is 2.28. The van der Waals surface area contributed by atoms with E-state index in [1.165, 1.54) is 6.07 Å². The van der Waals surface area contributed by atoms with Gasteiger partial charge in [0.15, 0.2) is 0 Å². The van der Waals surface area contributed by atoms with Gasteiger partial charge in [-0.2, -0.15) is 0 Å². The van der Waals surface area contributed by atoms with Crippen LogP contribution in [0.2, 0.25) is 5.02 Å². The highest BCUT2D eigenvalue weighted by Gasteiger charge is 2.00. The number of aromatic amines is 1. The van der Waals surface area contributed by atoms with Crippen molar-refractivity contribution in [1.82, 2.24) is 4.98 Å². The van der Waals surface area contributed by atoms with E-state index in [1.54, 1.807) is 12.3 Å². The number of hydrogen-bond donors (Lipinski definition) is 1. The predicted octanol–water partition coefficient (Wildman–Crippen LogP) is 3.00. The highest BCUT2D eigenvalue weighted by atomic mass is 35.5. The first-order chi connectivity index (χ1) is 7.16. The molecule has 0 aliphatic heterocycles. The van der Waals surface area contributed by atoms with E-state index < -0.39 is 0 Å². The minimum atomic E-state index is -0.0931. The molecule has 0 atom stereocenters. The number of aryl methyl sites for hydroxylation is 1. The first-order valence-corrected chi connectivity index (χ1v) is 5.00. The fourth-order valence-corrected chi connectivity index (χ4v) is 1.53. The maximum atomic E-state index is 10.9. The molecule has 0 saturated heterocycles. The van der Waals surface area contributed by atoms with Gasteiger partial charge in [-0.3, -0.25) is 4.79 Å². The summed E-state index contributed by atoms with van der Waals surface area (Å²) in [7, 11) is 0. The van der Waals surface area contributed by atoms with Crippen LogP contribution in [0.25, 0.3) is 11.1 Å². The van der Waals surface area contributed by atoms with Crippen LogP contribution in [-0.2, 0) is 0 Å². The van der Waals surface area contributed by atoms with Crippen LogP contribution < -0.4 is 5.56 Å². The summed E-state index contributed by atoms with van der Waals surface area (Å²) in [4.78, 5) is 13.5.